The lowest BCUT2D eigenvalue weighted by atomic mass is 9.81. The van der Waals surface area contributed by atoms with Crippen molar-refractivity contribution >= 4 is 23.1 Å². The predicted octanol–water partition coefficient (Wildman–Crippen LogP) is 1.64. The van der Waals surface area contributed by atoms with E-state index < -0.39 is 18.0 Å². The summed E-state index contributed by atoms with van der Waals surface area (Å²) >= 11 is 0. The summed E-state index contributed by atoms with van der Waals surface area (Å²) in [6.07, 6.45) is 1.52. The van der Waals surface area contributed by atoms with Crippen molar-refractivity contribution in [3.05, 3.63) is 35.9 Å². The molecular formula is C18H20F2N8O. The SMILES string of the molecule is CN1CC(C2CN(c3ccn4ncc(C(=O)Nc5cn[nH]c5C(F)F)c4n3)C2)C1. The molecule has 152 valence electrons. The molecule has 5 rings (SSSR count). The highest BCUT2D eigenvalue weighted by Crippen LogP contribution is 2.33. The van der Waals surface area contributed by atoms with E-state index in [4.69, 9.17) is 0 Å². The van der Waals surface area contributed by atoms with E-state index in [1.165, 1.54) is 10.7 Å². The Morgan fingerprint density at radius 2 is 2.00 bits per heavy atom. The average Bonchev–Trinajstić information content (AvgIpc) is 3.25. The Balaban J connectivity index is 1.33. The van der Waals surface area contributed by atoms with E-state index >= 15 is 0 Å². The maximum absolute atomic E-state index is 13.0. The van der Waals surface area contributed by atoms with E-state index in [0.717, 1.165) is 44.1 Å². The van der Waals surface area contributed by atoms with Crippen LogP contribution in [0, 0.1) is 11.8 Å². The molecule has 0 aromatic carbocycles. The number of alkyl halides is 2. The number of amides is 1. The molecule has 2 saturated heterocycles. The maximum Gasteiger partial charge on any atom is 0.281 e. The lowest BCUT2D eigenvalue weighted by Crippen LogP contribution is -2.58. The minimum atomic E-state index is -2.77. The fourth-order valence-electron chi connectivity index (χ4n) is 3.99. The first kappa shape index (κ1) is 18.0. The van der Waals surface area contributed by atoms with Gasteiger partial charge in [-0.2, -0.15) is 10.2 Å². The quantitative estimate of drug-likeness (QED) is 0.674. The second-order valence-electron chi connectivity index (χ2n) is 7.71. The zero-order valence-corrected chi connectivity index (χ0v) is 15.7. The Bertz CT molecular complexity index is 1050. The number of nitrogens with zero attached hydrogens (tertiary/aromatic N) is 6. The monoisotopic (exact) mass is 402 g/mol. The number of aromatic amines is 1. The van der Waals surface area contributed by atoms with Gasteiger partial charge in [-0.05, 0) is 24.9 Å². The van der Waals surface area contributed by atoms with Crippen molar-refractivity contribution in [1.29, 1.82) is 0 Å². The Morgan fingerprint density at radius 1 is 1.24 bits per heavy atom. The molecule has 0 spiro atoms. The lowest BCUT2D eigenvalue weighted by Gasteiger charge is -2.50. The Morgan fingerprint density at radius 3 is 2.72 bits per heavy atom. The topological polar surface area (TPSA) is 94.5 Å². The third-order valence-electron chi connectivity index (χ3n) is 5.73. The number of halogens is 2. The summed E-state index contributed by atoms with van der Waals surface area (Å²) in [4.78, 5) is 21.7. The van der Waals surface area contributed by atoms with Gasteiger partial charge in [0.2, 0.25) is 0 Å². The van der Waals surface area contributed by atoms with Gasteiger partial charge in [0, 0.05) is 32.4 Å². The molecule has 1 amide bonds. The van der Waals surface area contributed by atoms with E-state index in [-0.39, 0.29) is 11.3 Å². The van der Waals surface area contributed by atoms with Gasteiger partial charge >= 0.3 is 0 Å². The van der Waals surface area contributed by atoms with Crippen molar-refractivity contribution in [1.82, 2.24) is 29.7 Å². The first-order chi connectivity index (χ1) is 14.0. The van der Waals surface area contributed by atoms with Crippen molar-refractivity contribution in [3.63, 3.8) is 0 Å². The van der Waals surface area contributed by atoms with Crippen LogP contribution in [0.5, 0.6) is 0 Å². The molecule has 29 heavy (non-hydrogen) atoms. The van der Waals surface area contributed by atoms with Gasteiger partial charge < -0.3 is 15.1 Å². The first-order valence-corrected chi connectivity index (χ1v) is 9.40. The Kier molecular flexibility index (Phi) is 4.19. The number of hydrogen-bond acceptors (Lipinski definition) is 6. The number of anilines is 2. The Labute approximate surface area is 164 Å². The fourth-order valence-corrected chi connectivity index (χ4v) is 3.99. The minimum absolute atomic E-state index is 0.0587. The third kappa shape index (κ3) is 3.11. The molecule has 11 heteroatoms. The van der Waals surface area contributed by atoms with E-state index in [1.807, 2.05) is 6.07 Å². The number of fused-ring (bicyclic) bond motifs is 1. The molecule has 9 nitrogen and oxygen atoms in total. The number of likely N-dealkylation sites (tertiary alicyclic amines) is 1. The summed E-state index contributed by atoms with van der Waals surface area (Å²) in [6, 6.07) is 1.87. The number of aromatic nitrogens is 5. The van der Waals surface area contributed by atoms with Crippen LogP contribution >= 0.6 is 0 Å². The number of carbonyl (C=O) groups excluding carboxylic acids is 1. The number of hydrogen-bond donors (Lipinski definition) is 2. The van der Waals surface area contributed by atoms with E-state index in [2.05, 4.69) is 42.4 Å². The van der Waals surface area contributed by atoms with E-state index in [9.17, 15) is 13.6 Å². The van der Waals surface area contributed by atoms with Gasteiger partial charge in [0.05, 0.1) is 18.1 Å². The lowest BCUT2D eigenvalue weighted by molar-refractivity contribution is 0.0694. The molecule has 0 saturated carbocycles. The smallest absolute Gasteiger partial charge is 0.281 e. The van der Waals surface area contributed by atoms with Crippen LogP contribution in [0.25, 0.3) is 5.65 Å². The molecular weight excluding hydrogens is 382 g/mol. The number of rotatable bonds is 5. The number of H-pyrrole nitrogens is 1. The van der Waals surface area contributed by atoms with Crippen LogP contribution in [0.15, 0.2) is 24.7 Å². The molecule has 3 aromatic rings. The van der Waals surface area contributed by atoms with Gasteiger partial charge in [-0.1, -0.05) is 0 Å². The fraction of sp³-hybridized carbons (Fsp3) is 0.444. The molecule has 5 heterocycles. The molecule has 0 unspecified atom stereocenters. The summed E-state index contributed by atoms with van der Waals surface area (Å²) in [5, 5.41) is 12.4. The molecule has 2 N–H and O–H groups in total. The van der Waals surface area contributed by atoms with Crippen molar-refractivity contribution in [2.24, 2.45) is 11.8 Å². The molecule has 0 aliphatic carbocycles. The molecule has 0 atom stereocenters. The molecule has 3 aromatic heterocycles. The summed E-state index contributed by atoms with van der Waals surface area (Å²) in [5.74, 6) is 1.64. The van der Waals surface area contributed by atoms with Crippen LogP contribution in [0.2, 0.25) is 0 Å². The largest absolute Gasteiger partial charge is 0.356 e. The zero-order valence-electron chi connectivity index (χ0n) is 15.7. The van der Waals surface area contributed by atoms with Gasteiger partial charge in [0.1, 0.15) is 17.1 Å². The van der Waals surface area contributed by atoms with Crippen molar-refractivity contribution in [3.8, 4) is 0 Å². The maximum atomic E-state index is 13.0. The first-order valence-electron chi connectivity index (χ1n) is 9.40. The second kappa shape index (κ2) is 6.76. The second-order valence-corrected chi connectivity index (χ2v) is 7.71. The molecule has 2 aliphatic heterocycles. The van der Waals surface area contributed by atoms with Gasteiger partial charge in [-0.3, -0.25) is 9.89 Å². The predicted molar refractivity (Wildman–Crippen MR) is 101 cm³/mol. The van der Waals surface area contributed by atoms with Gasteiger partial charge in [-0.15, -0.1) is 0 Å². The normalized spacial score (nSPS) is 18.3. The Hall–Kier alpha value is -3.08. The van der Waals surface area contributed by atoms with Crippen LogP contribution in [0.4, 0.5) is 20.3 Å². The van der Waals surface area contributed by atoms with Crippen LogP contribution in [-0.2, 0) is 0 Å². The highest BCUT2D eigenvalue weighted by molar-refractivity contribution is 6.08. The molecule has 2 aliphatic rings. The highest BCUT2D eigenvalue weighted by atomic mass is 19.3. The summed E-state index contributed by atoms with van der Waals surface area (Å²) < 4.78 is 27.4. The standard InChI is InChI=1S/C18H20F2N8O/c1-26-6-10(7-26)11-8-27(9-11)14-2-3-28-17(24-14)12(4-22-28)18(29)23-13-5-21-25-15(13)16(19)20/h2-5,10-11,16H,6-9H2,1H3,(H,21,25)(H,23,29). The van der Waals surface area contributed by atoms with E-state index in [1.54, 1.807) is 6.20 Å². The summed E-state index contributed by atoms with van der Waals surface area (Å²) in [7, 11) is 2.13. The van der Waals surface area contributed by atoms with Crippen LogP contribution in [-0.4, -0.2) is 68.8 Å². The van der Waals surface area contributed by atoms with Crippen molar-refractivity contribution < 1.29 is 13.6 Å². The van der Waals surface area contributed by atoms with Crippen molar-refractivity contribution in [2.45, 2.75) is 6.43 Å². The number of nitrogens with one attached hydrogen (secondary N) is 2. The van der Waals surface area contributed by atoms with Gasteiger partial charge in [0.25, 0.3) is 12.3 Å². The van der Waals surface area contributed by atoms with Gasteiger partial charge in [-0.25, -0.2) is 18.3 Å². The molecule has 2 fully saturated rings. The van der Waals surface area contributed by atoms with Crippen molar-refractivity contribution in [2.75, 3.05) is 43.4 Å². The average molecular weight is 402 g/mol. The molecule has 0 radical (unpaired) electrons. The van der Waals surface area contributed by atoms with Gasteiger partial charge in [0.15, 0.2) is 5.65 Å². The zero-order chi connectivity index (χ0) is 20.1. The van der Waals surface area contributed by atoms with Crippen LogP contribution < -0.4 is 10.2 Å². The molecule has 0 bridgehead atoms. The summed E-state index contributed by atoms with van der Waals surface area (Å²) in [6.45, 7) is 4.19. The minimum Gasteiger partial charge on any atom is -0.356 e. The summed E-state index contributed by atoms with van der Waals surface area (Å²) in [5.41, 5.74) is 0.105. The highest BCUT2D eigenvalue weighted by Gasteiger charge is 2.39. The van der Waals surface area contributed by atoms with Crippen LogP contribution in [0.1, 0.15) is 22.5 Å². The van der Waals surface area contributed by atoms with E-state index in [0.29, 0.717) is 11.6 Å². The number of carbonyl (C=O) groups is 1. The van der Waals surface area contributed by atoms with Crippen LogP contribution in [0.3, 0.4) is 0 Å². The third-order valence-corrected chi connectivity index (χ3v) is 5.73.